The average Bonchev–Trinajstić information content (AvgIpc) is 3.24. The molecule has 1 aliphatic rings. The molecule has 3 rings (SSSR count). The van der Waals surface area contributed by atoms with Crippen molar-refractivity contribution in [3.63, 3.8) is 0 Å². The largest absolute Gasteiger partial charge is 0.350 e. The summed E-state index contributed by atoms with van der Waals surface area (Å²) in [6, 6.07) is 14.7. The molecule has 0 radical (unpaired) electrons. The fourth-order valence-corrected chi connectivity index (χ4v) is 3.67. The van der Waals surface area contributed by atoms with E-state index in [0.29, 0.717) is 12.6 Å². The Morgan fingerprint density at radius 2 is 1.91 bits per heavy atom. The van der Waals surface area contributed by atoms with Crippen molar-refractivity contribution >= 4 is 17.2 Å². The molecule has 1 saturated heterocycles. The lowest BCUT2D eigenvalue weighted by molar-refractivity contribution is 0.0941. The van der Waals surface area contributed by atoms with Gasteiger partial charge in [0.1, 0.15) is 0 Å². The lowest BCUT2D eigenvalue weighted by atomic mass is 10.0. The maximum absolute atomic E-state index is 12.2. The molecule has 2 heterocycles. The van der Waals surface area contributed by atoms with Gasteiger partial charge in [-0.1, -0.05) is 36.4 Å². The topological polar surface area (TPSA) is 32.3 Å². The lowest BCUT2D eigenvalue weighted by Gasteiger charge is -2.28. The highest BCUT2D eigenvalue weighted by molar-refractivity contribution is 7.12. The molecule has 22 heavy (non-hydrogen) atoms. The SMILES string of the molecule is O=C(NCC(Cc1ccccc1)N1CCCC1)c1cccs1. The van der Waals surface area contributed by atoms with Gasteiger partial charge >= 0.3 is 0 Å². The van der Waals surface area contributed by atoms with E-state index < -0.39 is 0 Å². The predicted octanol–water partition coefficient (Wildman–Crippen LogP) is 3.19. The second kappa shape index (κ2) is 7.56. The molecule has 0 saturated carbocycles. The standard InChI is InChI=1S/C18H22N2OS/c21-18(17-9-6-12-22-17)19-14-16(20-10-4-5-11-20)13-15-7-2-1-3-8-15/h1-3,6-9,12,16H,4-5,10-11,13-14H2,(H,19,21). The monoisotopic (exact) mass is 314 g/mol. The van der Waals surface area contributed by atoms with Crippen LogP contribution in [0.3, 0.4) is 0 Å². The Morgan fingerprint density at radius 1 is 1.14 bits per heavy atom. The van der Waals surface area contributed by atoms with Crippen LogP contribution in [0.1, 0.15) is 28.1 Å². The van der Waals surface area contributed by atoms with Gasteiger partial charge in [-0.15, -0.1) is 11.3 Å². The van der Waals surface area contributed by atoms with E-state index in [4.69, 9.17) is 0 Å². The number of hydrogen-bond acceptors (Lipinski definition) is 3. The van der Waals surface area contributed by atoms with E-state index >= 15 is 0 Å². The minimum atomic E-state index is 0.0484. The molecule has 2 aromatic rings. The van der Waals surface area contributed by atoms with Crippen molar-refractivity contribution in [2.24, 2.45) is 0 Å². The molecule has 1 unspecified atom stereocenters. The van der Waals surface area contributed by atoms with Crippen LogP contribution in [0.4, 0.5) is 0 Å². The first-order valence-corrected chi connectivity index (χ1v) is 8.80. The van der Waals surface area contributed by atoms with E-state index in [1.165, 1.54) is 29.7 Å². The normalized spacial score (nSPS) is 16.5. The Bertz CT molecular complexity index is 576. The number of likely N-dealkylation sites (tertiary alicyclic amines) is 1. The summed E-state index contributed by atoms with van der Waals surface area (Å²) in [5, 5.41) is 5.05. The van der Waals surface area contributed by atoms with Gasteiger partial charge in [-0.3, -0.25) is 9.69 Å². The second-order valence-electron chi connectivity index (χ2n) is 5.77. The zero-order valence-corrected chi connectivity index (χ0v) is 13.5. The lowest BCUT2D eigenvalue weighted by Crippen LogP contribution is -2.43. The molecule has 0 bridgehead atoms. The molecular weight excluding hydrogens is 292 g/mol. The van der Waals surface area contributed by atoms with Crippen LogP contribution in [-0.2, 0) is 6.42 Å². The summed E-state index contributed by atoms with van der Waals surface area (Å²) in [4.78, 5) is 15.5. The third-order valence-corrected chi connectivity index (χ3v) is 5.08. The molecular formula is C18H22N2OS. The number of thiophene rings is 1. The van der Waals surface area contributed by atoms with E-state index in [9.17, 15) is 4.79 Å². The van der Waals surface area contributed by atoms with Gasteiger partial charge in [-0.25, -0.2) is 0 Å². The van der Waals surface area contributed by atoms with E-state index in [0.717, 1.165) is 24.4 Å². The molecule has 1 amide bonds. The molecule has 3 nitrogen and oxygen atoms in total. The number of nitrogens with one attached hydrogen (secondary N) is 1. The van der Waals surface area contributed by atoms with Gasteiger partial charge < -0.3 is 5.32 Å². The van der Waals surface area contributed by atoms with E-state index in [1.54, 1.807) is 0 Å². The molecule has 1 aliphatic heterocycles. The summed E-state index contributed by atoms with van der Waals surface area (Å²) >= 11 is 1.49. The molecule has 1 fully saturated rings. The Morgan fingerprint density at radius 3 is 2.59 bits per heavy atom. The summed E-state index contributed by atoms with van der Waals surface area (Å²) in [6.07, 6.45) is 3.53. The highest BCUT2D eigenvalue weighted by Crippen LogP contribution is 2.16. The molecule has 116 valence electrons. The summed E-state index contributed by atoms with van der Waals surface area (Å²) in [6.45, 7) is 3.00. The molecule has 1 aromatic heterocycles. The van der Waals surface area contributed by atoms with Gasteiger partial charge in [-0.05, 0) is 49.4 Å². The highest BCUT2D eigenvalue weighted by atomic mass is 32.1. The number of carbonyl (C=O) groups excluding carboxylic acids is 1. The van der Waals surface area contributed by atoms with Crippen LogP contribution in [0.25, 0.3) is 0 Å². The van der Waals surface area contributed by atoms with E-state index in [-0.39, 0.29) is 5.91 Å². The van der Waals surface area contributed by atoms with Crippen molar-refractivity contribution in [2.75, 3.05) is 19.6 Å². The van der Waals surface area contributed by atoms with Gasteiger partial charge in [0.15, 0.2) is 0 Å². The maximum Gasteiger partial charge on any atom is 0.261 e. The Hall–Kier alpha value is -1.65. The molecule has 1 N–H and O–H groups in total. The van der Waals surface area contributed by atoms with Crippen molar-refractivity contribution in [3.05, 3.63) is 58.3 Å². The van der Waals surface area contributed by atoms with Gasteiger partial charge in [0.2, 0.25) is 0 Å². The molecule has 4 heteroatoms. The third-order valence-electron chi connectivity index (χ3n) is 4.21. The smallest absolute Gasteiger partial charge is 0.261 e. The van der Waals surface area contributed by atoms with Gasteiger partial charge in [0.05, 0.1) is 4.88 Å². The Balaban J connectivity index is 1.62. The first-order valence-electron chi connectivity index (χ1n) is 7.92. The number of amides is 1. The fraction of sp³-hybridized carbons (Fsp3) is 0.389. The summed E-state index contributed by atoms with van der Waals surface area (Å²) in [5.74, 6) is 0.0484. The summed E-state index contributed by atoms with van der Waals surface area (Å²) < 4.78 is 0. The van der Waals surface area contributed by atoms with Crippen LogP contribution >= 0.6 is 11.3 Å². The number of benzene rings is 1. The quantitative estimate of drug-likeness (QED) is 0.888. The minimum Gasteiger partial charge on any atom is -0.350 e. The fourth-order valence-electron chi connectivity index (χ4n) is 3.03. The molecule has 0 spiro atoms. The predicted molar refractivity (Wildman–Crippen MR) is 91.4 cm³/mol. The van der Waals surface area contributed by atoms with Crippen LogP contribution in [0, 0.1) is 0 Å². The molecule has 0 aliphatic carbocycles. The third kappa shape index (κ3) is 3.96. The summed E-state index contributed by atoms with van der Waals surface area (Å²) in [5.41, 5.74) is 1.34. The van der Waals surface area contributed by atoms with Crippen molar-refractivity contribution < 1.29 is 4.79 Å². The second-order valence-corrected chi connectivity index (χ2v) is 6.72. The van der Waals surface area contributed by atoms with Crippen LogP contribution in [-0.4, -0.2) is 36.5 Å². The minimum absolute atomic E-state index is 0.0484. The van der Waals surface area contributed by atoms with E-state index in [2.05, 4.69) is 34.5 Å². The van der Waals surface area contributed by atoms with Crippen LogP contribution in [0.15, 0.2) is 47.8 Å². The van der Waals surface area contributed by atoms with Gasteiger partial charge in [0, 0.05) is 12.6 Å². The first-order chi connectivity index (χ1) is 10.8. The number of rotatable bonds is 6. The van der Waals surface area contributed by atoms with E-state index in [1.807, 2.05) is 23.6 Å². The number of hydrogen-bond donors (Lipinski definition) is 1. The van der Waals surface area contributed by atoms with Crippen molar-refractivity contribution in [3.8, 4) is 0 Å². The zero-order chi connectivity index (χ0) is 15.2. The van der Waals surface area contributed by atoms with Gasteiger partial charge in [0.25, 0.3) is 5.91 Å². The van der Waals surface area contributed by atoms with Crippen molar-refractivity contribution in [1.82, 2.24) is 10.2 Å². The average molecular weight is 314 g/mol. The Labute approximate surface area is 136 Å². The van der Waals surface area contributed by atoms with Crippen LogP contribution in [0.2, 0.25) is 0 Å². The summed E-state index contributed by atoms with van der Waals surface area (Å²) in [7, 11) is 0. The van der Waals surface area contributed by atoms with Gasteiger partial charge in [-0.2, -0.15) is 0 Å². The molecule has 1 atom stereocenters. The maximum atomic E-state index is 12.2. The zero-order valence-electron chi connectivity index (χ0n) is 12.7. The van der Waals surface area contributed by atoms with Crippen molar-refractivity contribution in [2.45, 2.75) is 25.3 Å². The highest BCUT2D eigenvalue weighted by Gasteiger charge is 2.23. The number of carbonyl (C=O) groups is 1. The van der Waals surface area contributed by atoms with Crippen LogP contribution < -0.4 is 5.32 Å². The van der Waals surface area contributed by atoms with Crippen molar-refractivity contribution in [1.29, 1.82) is 0 Å². The molecule has 1 aromatic carbocycles. The first kappa shape index (κ1) is 15.3. The van der Waals surface area contributed by atoms with Crippen LogP contribution in [0.5, 0.6) is 0 Å². The Kier molecular flexibility index (Phi) is 5.24. The number of nitrogens with zero attached hydrogens (tertiary/aromatic N) is 1.